The van der Waals surface area contributed by atoms with E-state index in [1.54, 1.807) is 0 Å². The molecule has 1 aromatic heterocycles. The number of carboxylic acids is 1. The number of nitrogens with one attached hydrogen (secondary N) is 1. The maximum Gasteiger partial charge on any atom is 0.303 e. The molecule has 6 nitrogen and oxygen atoms in total. The number of H-pyrrole nitrogens is 1. The molecule has 0 atom stereocenters. The molecule has 0 fully saturated rings. The van der Waals surface area contributed by atoms with Crippen LogP contribution in [0.3, 0.4) is 0 Å². The molecule has 1 heterocycles. The molecular weight excluding hydrogens is 268 g/mol. The van der Waals surface area contributed by atoms with Gasteiger partial charge in [0, 0.05) is 6.42 Å². The van der Waals surface area contributed by atoms with E-state index >= 15 is 0 Å². The Labute approximate surface area is 128 Å². The monoisotopic (exact) mass is 294 g/mol. The van der Waals surface area contributed by atoms with Crippen molar-refractivity contribution in [2.75, 3.05) is 0 Å². The van der Waals surface area contributed by atoms with E-state index in [9.17, 15) is 4.79 Å². The van der Waals surface area contributed by atoms with Gasteiger partial charge in [0.05, 0.1) is 6.42 Å². The number of aromatic nitrogens is 4. The largest absolute Gasteiger partial charge is 0.481 e. The first-order valence-corrected chi connectivity index (χ1v) is 6.16. The van der Waals surface area contributed by atoms with Crippen molar-refractivity contribution in [2.24, 2.45) is 0 Å². The molecule has 0 aliphatic carbocycles. The molecule has 0 radical (unpaired) electrons. The van der Waals surface area contributed by atoms with Crippen LogP contribution in [-0.2, 0) is 11.2 Å². The molecule has 0 saturated carbocycles. The van der Waals surface area contributed by atoms with E-state index in [1.165, 1.54) is 12.0 Å². The van der Waals surface area contributed by atoms with Gasteiger partial charge in [-0.2, -0.15) is 5.21 Å². The van der Waals surface area contributed by atoms with Gasteiger partial charge in [0.25, 0.3) is 0 Å². The Morgan fingerprint density at radius 3 is 1.86 bits per heavy atom. The number of aryl methyl sites for hydroxylation is 1. The first-order chi connectivity index (χ1) is 9.93. The maximum absolute atomic E-state index is 10.0. The molecule has 0 unspecified atom stereocenters. The molecule has 6 heteroatoms. The van der Waals surface area contributed by atoms with Crippen molar-refractivity contribution in [3.63, 3.8) is 0 Å². The third-order valence-corrected chi connectivity index (χ3v) is 0.952. The number of aromatic amines is 1. The number of aliphatic carboxylic acids is 1. The quantitative estimate of drug-likeness (QED) is 0.660. The number of hydrogen-bond donors (Lipinski definition) is 2. The van der Waals surface area contributed by atoms with Gasteiger partial charge >= 0.3 is 5.97 Å². The number of nitrogens with zero attached hydrogens (tertiary/aromatic N) is 3. The van der Waals surface area contributed by atoms with Crippen molar-refractivity contribution >= 4 is 5.97 Å². The molecule has 1 aromatic rings. The normalized spacial score (nSPS) is 6.86. The van der Waals surface area contributed by atoms with Crippen LogP contribution >= 0.6 is 0 Å². The average molecular weight is 294 g/mol. The molecule has 0 saturated heterocycles. The molecule has 0 amide bonds. The van der Waals surface area contributed by atoms with Crippen LogP contribution in [0.2, 0.25) is 0 Å². The maximum atomic E-state index is 10.0. The standard InChI is InChI=1S/C4H6N4O2.C4H8.C3H8.2C2H2/c9-4(10)2-1-3-5-7-8-6-3;1-4(2)3;1-3-2;2*1-2/h1-2H2,(H,9,10)(H,5,6,7,8);1H2,2-3H3;3H2,1-2H3;2*1-2H. The van der Waals surface area contributed by atoms with Gasteiger partial charge in [-0.15, -0.1) is 42.5 Å². The summed E-state index contributed by atoms with van der Waals surface area (Å²) in [6.07, 6.45) is 17.6. The van der Waals surface area contributed by atoms with Crippen LogP contribution in [0.4, 0.5) is 0 Å². The summed E-state index contributed by atoms with van der Waals surface area (Å²) >= 11 is 0. The van der Waals surface area contributed by atoms with E-state index in [0.717, 1.165) is 0 Å². The summed E-state index contributed by atoms with van der Waals surface area (Å²) in [6.45, 7) is 11.8. The molecule has 2 N–H and O–H groups in total. The van der Waals surface area contributed by atoms with E-state index in [1.807, 2.05) is 13.8 Å². The van der Waals surface area contributed by atoms with Gasteiger partial charge in [-0.05, 0) is 13.8 Å². The fourth-order valence-electron chi connectivity index (χ4n) is 0.507. The Morgan fingerprint density at radius 1 is 1.24 bits per heavy atom. The minimum absolute atomic E-state index is 0.0412. The van der Waals surface area contributed by atoms with Crippen LogP contribution in [0.1, 0.15) is 46.4 Å². The highest BCUT2D eigenvalue weighted by atomic mass is 16.4. The highest BCUT2D eigenvalue weighted by molar-refractivity contribution is 5.66. The second-order valence-corrected chi connectivity index (χ2v) is 3.64. The third kappa shape index (κ3) is 46.7. The summed E-state index contributed by atoms with van der Waals surface area (Å²) < 4.78 is 0. The lowest BCUT2D eigenvalue weighted by Gasteiger charge is -1.85. The van der Waals surface area contributed by atoms with E-state index in [4.69, 9.17) is 5.11 Å². The summed E-state index contributed by atoms with van der Waals surface area (Å²) in [5, 5.41) is 20.9. The predicted octanol–water partition coefficient (Wildman–Crippen LogP) is 2.71. The van der Waals surface area contributed by atoms with E-state index < -0.39 is 5.97 Å². The molecular formula is C15H26N4O2. The minimum Gasteiger partial charge on any atom is -0.481 e. The summed E-state index contributed by atoms with van der Waals surface area (Å²) in [5.41, 5.74) is 1.17. The van der Waals surface area contributed by atoms with E-state index in [-0.39, 0.29) is 6.42 Å². The summed E-state index contributed by atoms with van der Waals surface area (Å²) in [5.74, 6) is -0.424. The average Bonchev–Trinajstić information content (AvgIpc) is 2.94. The lowest BCUT2D eigenvalue weighted by molar-refractivity contribution is -0.137. The smallest absolute Gasteiger partial charge is 0.303 e. The third-order valence-electron chi connectivity index (χ3n) is 0.952. The highest BCUT2D eigenvalue weighted by Gasteiger charge is 2.01. The number of carbonyl (C=O) groups is 1. The van der Waals surface area contributed by atoms with Gasteiger partial charge in [0.2, 0.25) is 0 Å². The molecule has 0 bridgehead atoms. The van der Waals surface area contributed by atoms with Crippen LogP contribution in [-0.4, -0.2) is 31.7 Å². The summed E-state index contributed by atoms with van der Waals surface area (Å²) in [4.78, 5) is 10.0. The molecule has 0 spiro atoms. The minimum atomic E-state index is -0.857. The van der Waals surface area contributed by atoms with Crippen molar-refractivity contribution in [3.8, 4) is 25.7 Å². The zero-order valence-corrected chi connectivity index (χ0v) is 13.3. The predicted molar refractivity (Wildman–Crippen MR) is 86.4 cm³/mol. The Bertz CT molecular complexity index is 358. The van der Waals surface area contributed by atoms with Crippen molar-refractivity contribution in [3.05, 3.63) is 18.0 Å². The number of terminal acetylenes is 2. The van der Waals surface area contributed by atoms with Crippen LogP contribution in [0.5, 0.6) is 0 Å². The molecule has 21 heavy (non-hydrogen) atoms. The first kappa shape index (κ1) is 26.9. The second kappa shape index (κ2) is 26.1. The number of hydrogen-bond acceptors (Lipinski definition) is 4. The molecule has 0 aliphatic rings. The van der Waals surface area contributed by atoms with Gasteiger partial charge in [-0.1, -0.05) is 31.1 Å². The fourth-order valence-corrected chi connectivity index (χ4v) is 0.507. The van der Waals surface area contributed by atoms with Gasteiger partial charge in [-0.25, -0.2) is 0 Å². The fraction of sp³-hybridized carbons (Fsp3) is 0.467. The lowest BCUT2D eigenvalue weighted by atomic mass is 10.3. The van der Waals surface area contributed by atoms with Gasteiger partial charge in [-0.3, -0.25) is 4.79 Å². The topological polar surface area (TPSA) is 91.8 Å². The Hall–Kier alpha value is -2.60. The highest BCUT2D eigenvalue weighted by Crippen LogP contribution is 1.90. The van der Waals surface area contributed by atoms with Gasteiger partial charge in [0.1, 0.15) is 0 Å². The van der Waals surface area contributed by atoms with Crippen LogP contribution in [0.25, 0.3) is 0 Å². The number of carboxylic acid groups (broad SMARTS) is 1. The molecule has 0 aromatic carbocycles. The van der Waals surface area contributed by atoms with Gasteiger partial charge < -0.3 is 5.11 Å². The van der Waals surface area contributed by atoms with Crippen LogP contribution in [0.15, 0.2) is 12.2 Å². The summed E-state index contributed by atoms with van der Waals surface area (Å²) in [6, 6.07) is 0. The van der Waals surface area contributed by atoms with Crippen molar-refractivity contribution < 1.29 is 9.90 Å². The Morgan fingerprint density at radius 2 is 1.62 bits per heavy atom. The van der Waals surface area contributed by atoms with E-state index in [2.05, 4.69) is 66.7 Å². The summed E-state index contributed by atoms with van der Waals surface area (Å²) in [7, 11) is 0. The zero-order valence-electron chi connectivity index (χ0n) is 13.3. The first-order valence-electron chi connectivity index (χ1n) is 6.16. The molecule has 1 rings (SSSR count). The van der Waals surface area contributed by atoms with Crippen molar-refractivity contribution in [1.82, 2.24) is 20.6 Å². The van der Waals surface area contributed by atoms with Crippen LogP contribution < -0.4 is 0 Å². The van der Waals surface area contributed by atoms with Crippen molar-refractivity contribution in [1.29, 1.82) is 0 Å². The molecule has 118 valence electrons. The van der Waals surface area contributed by atoms with Gasteiger partial charge in [0.15, 0.2) is 5.82 Å². The second-order valence-electron chi connectivity index (χ2n) is 3.64. The van der Waals surface area contributed by atoms with Crippen LogP contribution in [0, 0.1) is 25.7 Å². The Kier molecular flexibility index (Phi) is 33.3. The Balaban J connectivity index is -0.000000111. The zero-order chi connectivity index (χ0) is 17.7. The SMILES string of the molecule is C#C.C#C.C=C(C)C.CCC.O=C(O)CCc1nn[nH]n1. The number of tetrazole rings is 1. The van der Waals surface area contributed by atoms with E-state index in [0.29, 0.717) is 12.2 Å². The van der Waals surface area contributed by atoms with Crippen molar-refractivity contribution in [2.45, 2.75) is 47.0 Å². The molecule has 0 aliphatic heterocycles. The number of allylic oxidation sites excluding steroid dienone is 1. The lowest BCUT2D eigenvalue weighted by Crippen LogP contribution is -1.98. The number of rotatable bonds is 3.